The summed E-state index contributed by atoms with van der Waals surface area (Å²) in [5.74, 6) is 0.629. The van der Waals surface area contributed by atoms with Crippen molar-refractivity contribution in [2.45, 2.75) is 23.8 Å². The van der Waals surface area contributed by atoms with Crippen molar-refractivity contribution < 1.29 is 13.2 Å². The number of hydrogen-bond acceptors (Lipinski definition) is 4. The van der Waals surface area contributed by atoms with Crippen molar-refractivity contribution in [1.82, 2.24) is 4.72 Å². The second kappa shape index (κ2) is 5.90. The van der Waals surface area contributed by atoms with E-state index in [0.29, 0.717) is 12.5 Å². The van der Waals surface area contributed by atoms with Crippen molar-refractivity contribution >= 4 is 15.7 Å². The molecule has 0 amide bonds. The number of sulfonamides is 1. The number of hydrogen-bond donors (Lipinski definition) is 2. The number of rotatable bonds is 7. The Labute approximate surface area is 114 Å². The molecule has 0 spiro atoms. The van der Waals surface area contributed by atoms with E-state index in [-0.39, 0.29) is 10.9 Å². The molecule has 1 aromatic carbocycles. The second-order valence-electron chi connectivity index (χ2n) is 4.78. The van der Waals surface area contributed by atoms with Gasteiger partial charge < -0.3 is 10.1 Å². The van der Waals surface area contributed by atoms with Crippen LogP contribution < -0.4 is 10.0 Å². The van der Waals surface area contributed by atoms with Crippen molar-refractivity contribution in [2.24, 2.45) is 5.92 Å². The Morgan fingerprint density at radius 2 is 2.16 bits per heavy atom. The zero-order valence-corrected chi connectivity index (χ0v) is 12.0. The molecule has 0 heterocycles. The van der Waals surface area contributed by atoms with E-state index in [9.17, 15) is 8.42 Å². The van der Waals surface area contributed by atoms with Gasteiger partial charge in [-0.05, 0) is 44.0 Å². The highest BCUT2D eigenvalue weighted by Crippen LogP contribution is 2.34. The maximum atomic E-state index is 11.7. The van der Waals surface area contributed by atoms with Crippen LogP contribution in [-0.4, -0.2) is 35.2 Å². The third-order valence-electron chi connectivity index (χ3n) is 3.30. The molecule has 5 nitrogen and oxygen atoms in total. The summed E-state index contributed by atoms with van der Waals surface area (Å²) in [6, 6.07) is 7.09. The van der Waals surface area contributed by atoms with E-state index in [0.717, 1.165) is 5.69 Å². The van der Waals surface area contributed by atoms with Crippen molar-refractivity contribution in [3.05, 3.63) is 24.3 Å². The van der Waals surface area contributed by atoms with Crippen LogP contribution in [0, 0.1) is 5.92 Å². The van der Waals surface area contributed by atoms with Gasteiger partial charge in [0.25, 0.3) is 0 Å². The fraction of sp³-hybridized carbons (Fsp3) is 0.538. The van der Waals surface area contributed by atoms with Gasteiger partial charge in [-0.3, -0.25) is 0 Å². The van der Waals surface area contributed by atoms with Crippen LogP contribution in [0.1, 0.15) is 12.8 Å². The Morgan fingerprint density at radius 3 is 2.74 bits per heavy atom. The Morgan fingerprint density at radius 1 is 1.42 bits per heavy atom. The molecular weight excluding hydrogens is 264 g/mol. The summed E-state index contributed by atoms with van der Waals surface area (Å²) in [5.41, 5.74) is 0.810. The van der Waals surface area contributed by atoms with Crippen LogP contribution in [0.15, 0.2) is 29.2 Å². The molecule has 1 atom stereocenters. The molecule has 2 rings (SSSR count). The molecule has 2 N–H and O–H groups in total. The molecular formula is C13H20N2O3S. The molecule has 1 aliphatic carbocycles. The van der Waals surface area contributed by atoms with E-state index in [1.54, 1.807) is 25.3 Å². The lowest BCUT2D eigenvalue weighted by Gasteiger charge is -2.19. The van der Waals surface area contributed by atoms with Crippen LogP contribution in [0.3, 0.4) is 0 Å². The molecule has 0 bridgehead atoms. The van der Waals surface area contributed by atoms with Gasteiger partial charge in [0.1, 0.15) is 0 Å². The minimum Gasteiger partial charge on any atom is -0.383 e. The third-order valence-corrected chi connectivity index (χ3v) is 4.71. The average molecular weight is 284 g/mol. The smallest absolute Gasteiger partial charge is 0.240 e. The standard InChI is InChI=1S/C13H20N2O3S/c1-14-19(16,17)12-5-3-4-11(8-12)15-13(9-18-2)10-6-7-10/h3-5,8,10,13-15H,6-7,9H2,1-2H3. The number of ether oxygens (including phenoxy) is 1. The lowest BCUT2D eigenvalue weighted by atomic mass is 10.2. The summed E-state index contributed by atoms with van der Waals surface area (Å²) in [6.07, 6.45) is 2.41. The lowest BCUT2D eigenvalue weighted by molar-refractivity contribution is 0.179. The maximum Gasteiger partial charge on any atom is 0.240 e. The quantitative estimate of drug-likeness (QED) is 0.795. The highest BCUT2D eigenvalue weighted by molar-refractivity contribution is 7.89. The molecule has 1 saturated carbocycles. The van der Waals surface area contributed by atoms with Crippen LogP contribution in [0.5, 0.6) is 0 Å². The van der Waals surface area contributed by atoms with Gasteiger partial charge in [-0.2, -0.15) is 0 Å². The Balaban J connectivity index is 2.14. The normalized spacial score (nSPS) is 17.2. The van der Waals surface area contributed by atoms with E-state index in [1.807, 2.05) is 6.07 Å². The fourth-order valence-corrected chi connectivity index (χ4v) is 2.83. The average Bonchev–Trinajstić information content (AvgIpc) is 3.23. The number of benzene rings is 1. The molecule has 1 aromatic rings. The van der Waals surface area contributed by atoms with Crippen LogP contribution in [-0.2, 0) is 14.8 Å². The second-order valence-corrected chi connectivity index (χ2v) is 6.67. The zero-order valence-electron chi connectivity index (χ0n) is 11.2. The van der Waals surface area contributed by atoms with Crippen LogP contribution in [0.25, 0.3) is 0 Å². The lowest BCUT2D eigenvalue weighted by Crippen LogP contribution is -2.27. The van der Waals surface area contributed by atoms with E-state index in [4.69, 9.17) is 4.74 Å². The first-order chi connectivity index (χ1) is 9.06. The summed E-state index contributed by atoms with van der Waals surface area (Å²) in [6.45, 7) is 0.633. The Kier molecular flexibility index (Phi) is 4.44. The molecule has 1 unspecified atom stereocenters. The molecule has 19 heavy (non-hydrogen) atoms. The maximum absolute atomic E-state index is 11.7. The molecule has 0 saturated heterocycles. The first-order valence-electron chi connectivity index (χ1n) is 6.36. The van der Waals surface area contributed by atoms with Crippen molar-refractivity contribution in [1.29, 1.82) is 0 Å². The molecule has 106 valence electrons. The molecule has 6 heteroatoms. The van der Waals surface area contributed by atoms with Gasteiger partial charge in [0, 0.05) is 12.8 Å². The number of nitrogens with one attached hydrogen (secondary N) is 2. The van der Waals surface area contributed by atoms with Gasteiger partial charge in [0.15, 0.2) is 0 Å². The highest BCUT2D eigenvalue weighted by atomic mass is 32.2. The van der Waals surface area contributed by atoms with Gasteiger partial charge in [-0.25, -0.2) is 13.1 Å². The largest absolute Gasteiger partial charge is 0.383 e. The van der Waals surface area contributed by atoms with E-state index >= 15 is 0 Å². The van der Waals surface area contributed by atoms with Crippen LogP contribution in [0.2, 0.25) is 0 Å². The number of anilines is 1. The minimum atomic E-state index is -3.39. The fourth-order valence-electron chi connectivity index (χ4n) is 2.06. The molecule has 0 aliphatic heterocycles. The molecule has 0 radical (unpaired) electrons. The summed E-state index contributed by atoms with van der Waals surface area (Å²) < 4.78 is 31.0. The molecule has 0 aromatic heterocycles. The van der Waals surface area contributed by atoms with E-state index in [2.05, 4.69) is 10.0 Å². The van der Waals surface area contributed by atoms with Gasteiger partial charge in [-0.1, -0.05) is 6.07 Å². The zero-order chi connectivity index (χ0) is 13.9. The summed E-state index contributed by atoms with van der Waals surface area (Å²) in [7, 11) is -0.305. The monoisotopic (exact) mass is 284 g/mol. The van der Waals surface area contributed by atoms with Gasteiger partial charge in [0.2, 0.25) is 10.0 Å². The summed E-state index contributed by atoms with van der Waals surface area (Å²) in [5, 5.41) is 3.36. The van der Waals surface area contributed by atoms with E-state index < -0.39 is 10.0 Å². The highest BCUT2D eigenvalue weighted by Gasteiger charge is 2.31. The first-order valence-corrected chi connectivity index (χ1v) is 7.84. The van der Waals surface area contributed by atoms with Gasteiger partial charge >= 0.3 is 0 Å². The Bertz CT molecular complexity index is 526. The SMILES string of the molecule is CNS(=O)(=O)c1cccc(NC(COC)C2CC2)c1. The van der Waals surface area contributed by atoms with Gasteiger partial charge in [0.05, 0.1) is 17.5 Å². The summed E-state index contributed by atoms with van der Waals surface area (Å²) >= 11 is 0. The third kappa shape index (κ3) is 3.68. The minimum absolute atomic E-state index is 0.248. The van der Waals surface area contributed by atoms with Crippen LogP contribution >= 0.6 is 0 Å². The predicted octanol–water partition coefficient (Wildman–Crippen LogP) is 1.43. The summed E-state index contributed by atoms with van der Waals surface area (Å²) in [4.78, 5) is 0.270. The van der Waals surface area contributed by atoms with Crippen molar-refractivity contribution in [3.63, 3.8) is 0 Å². The van der Waals surface area contributed by atoms with Crippen molar-refractivity contribution in [3.8, 4) is 0 Å². The Hall–Kier alpha value is -1.11. The van der Waals surface area contributed by atoms with Gasteiger partial charge in [-0.15, -0.1) is 0 Å². The van der Waals surface area contributed by atoms with Crippen LogP contribution in [0.4, 0.5) is 5.69 Å². The molecule has 1 fully saturated rings. The van der Waals surface area contributed by atoms with Crippen molar-refractivity contribution in [2.75, 3.05) is 26.1 Å². The van der Waals surface area contributed by atoms with E-state index in [1.165, 1.54) is 19.9 Å². The topological polar surface area (TPSA) is 67.4 Å². The first kappa shape index (κ1) is 14.3. The molecule has 1 aliphatic rings. The predicted molar refractivity (Wildman–Crippen MR) is 74.7 cm³/mol. The number of methoxy groups -OCH3 is 1.